The number of benzene rings is 1. The summed E-state index contributed by atoms with van der Waals surface area (Å²) in [5, 5.41) is 6.31. The Morgan fingerprint density at radius 3 is 2.65 bits per heavy atom. The number of nitrogens with zero attached hydrogens (tertiary/aromatic N) is 2. The average molecular weight is 331 g/mol. The molecule has 1 heterocycles. The minimum absolute atomic E-state index is 0.278. The van der Waals surface area contributed by atoms with Gasteiger partial charge in [-0.25, -0.2) is 9.97 Å². The van der Waals surface area contributed by atoms with Crippen LogP contribution in [-0.4, -0.2) is 22.4 Å². The first-order valence-corrected chi connectivity index (χ1v) is 7.57. The summed E-state index contributed by atoms with van der Waals surface area (Å²) in [5.74, 6) is 0.0628. The molecule has 0 saturated carbocycles. The lowest BCUT2D eigenvalue weighted by atomic mass is 10.1. The highest BCUT2D eigenvalue weighted by atomic mass is 35.5. The molecule has 0 aliphatic heterocycles. The monoisotopic (exact) mass is 330 g/mol. The van der Waals surface area contributed by atoms with E-state index in [4.69, 9.17) is 11.6 Å². The summed E-state index contributed by atoms with van der Waals surface area (Å²) < 4.78 is 0. The molecular formula is C17H19ClN4O. The Kier molecular flexibility index (Phi) is 5.34. The van der Waals surface area contributed by atoms with Crippen LogP contribution in [0.3, 0.4) is 0 Å². The Morgan fingerprint density at radius 1 is 1.26 bits per heavy atom. The lowest BCUT2D eigenvalue weighted by Gasteiger charge is -2.12. The van der Waals surface area contributed by atoms with E-state index in [1.54, 1.807) is 12.1 Å². The van der Waals surface area contributed by atoms with E-state index in [9.17, 15) is 4.79 Å². The lowest BCUT2D eigenvalue weighted by Crippen LogP contribution is -2.17. The maximum absolute atomic E-state index is 12.5. The summed E-state index contributed by atoms with van der Waals surface area (Å²) in [5.41, 5.74) is 3.51. The molecule has 2 N–H and O–H groups in total. The van der Waals surface area contributed by atoms with Gasteiger partial charge in [0.1, 0.15) is 5.69 Å². The number of rotatable bonds is 5. The van der Waals surface area contributed by atoms with Crippen molar-refractivity contribution in [2.24, 2.45) is 0 Å². The van der Waals surface area contributed by atoms with Crippen molar-refractivity contribution < 1.29 is 4.79 Å². The van der Waals surface area contributed by atoms with E-state index in [2.05, 4.69) is 27.2 Å². The number of amides is 1. The average Bonchev–Trinajstić information content (AvgIpc) is 2.48. The number of anilines is 2. The number of hydrogen-bond acceptors (Lipinski definition) is 4. The minimum Gasteiger partial charge on any atom is -0.351 e. The molecule has 0 radical (unpaired) electrons. The number of halogens is 1. The van der Waals surface area contributed by atoms with Crippen LogP contribution in [0.15, 0.2) is 30.9 Å². The third-order valence-corrected chi connectivity index (χ3v) is 3.46. The van der Waals surface area contributed by atoms with Crippen LogP contribution in [0.4, 0.5) is 11.6 Å². The summed E-state index contributed by atoms with van der Waals surface area (Å²) in [6.07, 6.45) is 1.70. The summed E-state index contributed by atoms with van der Waals surface area (Å²) in [6.45, 7) is 9.81. The first-order valence-electron chi connectivity index (χ1n) is 7.19. The molecule has 0 atom stereocenters. The van der Waals surface area contributed by atoms with Crippen LogP contribution in [0.2, 0.25) is 5.02 Å². The fraction of sp³-hybridized carbons (Fsp3) is 0.235. The summed E-state index contributed by atoms with van der Waals surface area (Å²) in [7, 11) is 0. The molecule has 0 aliphatic carbocycles. The second-order valence-corrected chi connectivity index (χ2v) is 5.69. The van der Waals surface area contributed by atoms with Crippen LogP contribution in [0, 0.1) is 20.8 Å². The van der Waals surface area contributed by atoms with E-state index in [-0.39, 0.29) is 11.6 Å². The lowest BCUT2D eigenvalue weighted by molar-refractivity contribution is 0.102. The predicted molar refractivity (Wildman–Crippen MR) is 94.3 cm³/mol. The van der Waals surface area contributed by atoms with Crippen LogP contribution < -0.4 is 10.6 Å². The van der Waals surface area contributed by atoms with Gasteiger partial charge >= 0.3 is 0 Å². The van der Waals surface area contributed by atoms with Crippen molar-refractivity contribution in [1.29, 1.82) is 0 Å². The van der Waals surface area contributed by atoms with Crippen LogP contribution in [-0.2, 0) is 0 Å². The van der Waals surface area contributed by atoms with Crippen molar-refractivity contribution in [2.45, 2.75) is 20.8 Å². The molecule has 5 nitrogen and oxygen atoms in total. The SMILES string of the molecule is C=CCNc1nc(C)cc(C(=O)Nc2c(C)cc(C)cc2Cl)n1. The van der Waals surface area contributed by atoms with E-state index in [1.807, 2.05) is 32.9 Å². The highest BCUT2D eigenvalue weighted by molar-refractivity contribution is 6.34. The molecule has 0 bridgehead atoms. The third kappa shape index (κ3) is 4.29. The van der Waals surface area contributed by atoms with E-state index in [1.165, 1.54) is 0 Å². The first-order chi connectivity index (χ1) is 10.9. The Balaban J connectivity index is 2.27. The zero-order valence-corrected chi connectivity index (χ0v) is 14.2. The Bertz CT molecular complexity index is 735. The molecular weight excluding hydrogens is 312 g/mol. The van der Waals surface area contributed by atoms with Crippen LogP contribution in [0.1, 0.15) is 27.3 Å². The van der Waals surface area contributed by atoms with Gasteiger partial charge in [-0.1, -0.05) is 23.7 Å². The van der Waals surface area contributed by atoms with Crippen molar-refractivity contribution in [2.75, 3.05) is 17.2 Å². The van der Waals surface area contributed by atoms with Gasteiger partial charge < -0.3 is 10.6 Å². The van der Waals surface area contributed by atoms with E-state index in [0.29, 0.717) is 28.9 Å². The summed E-state index contributed by atoms with van der Waals surface area (Å²) >= 11 is 6.23. The summed E-state index contributed by atoms with van der Waals surface area (Å²) in [6, 6.07) is 5.40. The second kappa shape index (κ2) is 7.24. The van der Waals surface area contributed by atoms with Gasteiger partial charge in [-0.2, -0.15) is 0 Å². The highest BCUT2D eigenvalue weighted by Gasteiger charge is 2.14. The van der Waals surface area contributed by atoms with Crippen molar-refractivity contribution >= 4 is 29.1 Å². The maximum atomic E-state index is 12.5. The van der Waals surface area contributed by atoms with Gasteiger partial charge in [0.25, 0.3) is 5.91 Å². The number of carbonyl (C=O) groups is 1. The standard InChI is InChI=1S/C17H19ClN4O/c1-5-6-19-17-20-12(4)9-14(21-17)16(23)22-15-11(3)7-10(2)8-13(15)18/h5,7-9H,1,6H2,2-4H3,(H,22,23)(H,19,20,21). The largest absolute Gasteiger partial charge is 0.351 e. The molecule has 2 rings (SSSR count). The van der Waals surface area contributed by atoms with E-state index < -0.39 is 0 Å². The molecule has 0 saturated heterocycles. The van der Waals surface area contributed by atoms with Crippen molar-refractivity contribution in [3.8, 4) is 0 Å². The van der Waals surface area contributed by atoms with Gasteiger partial charge in [-0.3, -0.25) is 4.79 Å². The normalized spacial score (nSPS) is 10.3. The summed E-state index contributed by atoms with van der Waals surface area (Å²) in [4.78, 5) is 20.9. The van der Waals surface area contributed by atoms with Gasteiger partial charge in [-0.05, 0) is 44.0 Å². The van der Waals surface area contributed by atoms with Gasteiger partial charge in [0.15, 0.2) is 0 Å². The highest BCUT2D eigenvalue weighted by Crippen LogP contribution is 2.27. The second-order valence-electron chi connectivity index (χ2n) is 5.28. The molecule has 1 aromatic carbocycles. The molecule has 1 amide bonds. The Labute approximate surface area is 140 Å². The molecule has 0 spiro atoms. The number of nitrogens with one attached hydrogen (secondary N) is 2. The smallest absolute Gasteiger partial charge is 0.274 e. The molecule has 0 aliphatic rings. The minimum atomic E-state index is -0.328. The van der Waals surface area contributed by atoms with Gasteiger partial charge in [-0.15, -0.1) is 6.58 Å². The van der Waals surface area contributed by atoms with Crippen molar-refractivity contribution in [3.63, 3.8) is 0 Å². The van der Waals surface area contributed by atoms with E-state index in [0.717, 1.165) is 11.1 Å². The van der Waals surface area contributed by atoms with Gasteiger partial charge in [0, 0.05) is 12.2 Å². The number of aryl methyl sites for hydroxylation is 3. The third-order valence-electron chi connectivity index (χ3n) is 3.16. The fourth-order valence-electron chi connectivity index (χ4n) is 2.18. The fourth-order valence-corrected chi connectivity index (χ4v) is 2.55. The van der Waals surface area contributed by atoms with E-state index >= 15 is 0 Å². The molecule has 2 aromatic rings. The maximum Gasteiger partial charge on any atom is 0.274 e. The van der Waals surface area contributed by atoms with Gasteiger partial charge in [0.2, 0.25) is 5.95 Å². The van der Waals surface area contributed by atoms with Gasteiger partial charge in [0.05, 0.1) is 10.7 Å². The molecule has 0 unspecified atom stereocenters. The first kappa shape index (κ1) is 17.0. The zero-order valence-electron chi connectivity index (χ0n) is 13.4. The van der Waals surface area contributed by atoms with Crippen LogP contribution in [0.5, 0.6) is 0 Å². The zero-order chi connectivity index (χ0) is 17.0. The van der Waals surface area contributed by atoms with Crippen molar-refractivity contribution in [3.05, 3.63) is 58.4 Å². The molecule has 6 heteroatoms. The van der Waals surface area contributed by atoms with Crippen LogP contribution >= 0.6 is 11.6 Å². The number of carbonyl (C=O) groups excluding carboxylic acids is 1. The molecule has 23 heavy (non-hydrogen) atoms. The Morgan fingerprint density at radius 2 is 2.00 bits per heavy atom. The predicted octanol–water partition coefficient (Wildman–Crippen LogP) is 3.91. The van der Waals surface area contributed by atoms with Crippen LogP contribution in [0.25, 0.3) is 0 Å². The Hall–Kier alpha value is -2.40. The topological polar surface area (TPSA) is 66.9 Å². The number of hydrogen-bond donors (Lipinski definition) is 2. The molecule has 1 aromatic heterocycles. The number of aromatic nitrogens is 2. The van der Waals surface area contributed by atoms with Crippen molar-refractivity contribution in [1.82, 2.24) is 9.97 Å². The molecule has 0 fully saturated rings. The molecule has 120 valence electrons. The quantitative estimate of drug-likeness (QED) is 0.816.